The average molecular weight is 368 g/mol. The van der Waals surface area contributed by atoms with Crippen LogP contribution in [-0.4, -0.2) is 43.5 Å². The fraction of sp³-hybridized carbons (Fsp3) is 0.353. The summed E-state index contributed by atoms with van der Waals surface area (Å²) in [6.07, 6.45) is 1.60. The Kier molecular flexibility index (Phi) is 5.66. The molecule has 1 amide bonds. The Labute approximate surface area is 151 Å². The number of carbonyl (C=O) groups is 1. The molecule has 1 aromatic carbocycles. The zero-order chi connectivity index (χ0) is 16.9. The van der Waals surface area contributed by atoms with Gasteiger partial charge < -0.3 is 14.6 Å². The molecule has 1 aliphatic rings. The molecular formula is C17H19Cl2N3O2. The number of hydrogen-bond donors (Lipinski definition) is 1. The number of amides is 1. The third kappa shape index (κ3) is 4.44. The molecule has 1 aromatic heterocycles. The van der Waals surface area contributed by atoms with E-state index in [9.17, 15) is 4.79 Å². The first-order chi connectivity index (χ1) is 11.6. The monoisotopic (exact) mass is 367 g/mol. The van der Waals surface area contributed by atoms with Crippen LogP contribution in [0.25, 0.3) is 0 Å². The second kappa shape index (κ2) is 7.92. The fourth-order valence-electron chi connectivity index (χ4n) is 2.70. The predicted octanol–water partition coefficient (Wildman–Crippen LogP) is 3.02. The normalized spacial score (nSPS) is 15.5. The van der Waals surface area contributed by atoms with E-state index in [1.54, 1.807) is 6.26 Å². The van der Waals surface area contributed by atoms with Gasteiger partial charge in [0.2, 0.25) is 5.91 Å². The fourth-order valence-corrected chi connectivity index (χ4v) is 3.00. The lowest BCUT2D eigenvalue weighted by Crippen LogP contribution is -2.49. The summed E-state index contributed by atoms with van der Waals surface area (Å²) in [6.45, 7) is 4.18. The van der Waals surface area contributed by atoms with Crippen molar-refractivity contribution < 1.29 is 9.21 Å². The molecule has 1 N–H and O–H groups in total. The van der Waals surface area contributed by atoms with Gasteiger partial charge in [-0.05, 0) is 30.3 Å². The number of furan rings is 1. The lowest BCUT2D eigenvalue weighted by molar-refractivity contribution is -0.122. The summed E-state index contributed by atoms with van der Waals surface area (Å²) in [5.74, 6) is 0.766. The Morgan fingerprint density at radius 2 is 1.92 bits per heavy atom. The molecule has 3 rings (SSSR count). The van der Waals surface area contributed by atoms with Crippen LogP contribution in [0.4, 0.5) is 5.69 Å². The van der Waals surface area contributed by atoms with Gasteiger partial charge in [0.15, 0.2) is 0 Å². The third-order valence-corrected chi connectivity index (χ3v) is 4.79. The molecule has 2 heterocycles. The van der Waals surface area contributed by atoms with Gasteiger partial charge in [-0.25, -0.2) is 0 Å². The van der Waals surface area contributed by atoms with Crippen LogP contribution in [-0.2, 0) is 11.3 Å². The zero-order valence-electron chi connectivity index (χ0n) is 13.2. The van der Waals surface area contributed by atoms with E-state index in [1.807, 2.05) is 30.3 Å². The molecule has 0 bridgehead atoms. The third-order valence-electron chi connectivity index (χ3n) is 4.05. The minimum atomic E-state index is 0.00869. The molecule has 0 radical (unpaired) electrons. The van der Waals surface area contributed by atoms with Crippen molar-refractivity contribution in [3.05, 3.63) is 52.4 Å². The summed E-state index contributed by atoms with van der Waals surface area (Å²) < 4.78 is 5.20. The predicted molar refractivity (Wildman–Crippen MR) is 95.7 cm³/mol. The van der Waals surface area contributed by atoms with Gasteiger partial charge >= 0.3 is 0 Å². The Balaban J connectivity index is 1.44. The standard InChI is InChI=1S/C17H19Cl2N3O2/c18-15-4-3-13(10-16(15)19)22-7-5-21(6-8-22)12-17(23)20-11-14-2-1-9-24-14/h1-4,9-10H,5-8,11-12H2,(H,20,23). The van der Waals surface area contributed by atoms with Crippen LogP contribution < -0.4 is 10.2 Å². The van der Waals surface area contributed by atoms with Crippen molar-refractivity contribution in [3.63, 3.8) is 0 Å². The second-order valence-corrected chi connectivity index (χ2v) is 6.53. The number of rotatable bonds is 5. The number of anilines is 1. The van der Waals surface area contributed by atoms with Crippen LogP contribution in [0.1, 0.15) is 5.76 Å². The van der Waals surface area contributed by atoms with Gasteiger partial charge in [0.25, 0.3) is 0 Å². The van der Waals surface area contributed by atoms with Gasteiger partial charge in [-0.2, -0.15) is 0 Å². The minimum Gasteiger partial charge on any atom is -0.467 e. The number of piperazine rings is 1. The van der Waals surface area contributed by atoms with E-state index in [1.165, 1.54) is 0 Å². The van der Waals surface area contributed by atoms with Crippen molar-refractivity contribution in [1.29, 1.82) is 0 Å². The molecule has 1 fully saturated rings. The molecule has 24 heavy (non-hydrogen) atoms. The smallest absolute Gasteiger partial charge is 0.234 e. The van der Waals surface area contributed by atoms with E-state index in [4.69, 9.17) is 27.6 Å². The highest BCUT2D eigenvalue weighted by Crippen LogP contribution is 2.27. The van der Waals surface area contributed by atoms with Gasteiger partial charge in [-0.1, -0.05) is 23.2 Å². The van der Waals surface area contributed by atoms with Gasteiger partial charge in [-0.3, -0.25) is 9.69 Å². The van der Waals surface area contributed by atoms with Gasteiger partial charge in [0, 0.05) is 31.9 Å². The van der Waals surface area contributed by atoms with E-state index in [0.717, 1.165) is 37.6 Å². The van der Waals surface area contributed by atoms with Crippen LogP contribution in [0.15, 0.2) is 41.0 Å². The Hall–Kier alpha value is -1.69. The Morgan fingerprint density at radius 1 is 1.12 bits per heavy atom. The molecular weight excluding hydrogens is 349 g/mol. The molecule has 0 atom stereocenters. The van der Waals surface area contributed by atoms with Gasteiger partial charge in [-0.15, -0.1) is 0 Å². The van der Waals surface area contributed by atoms with Crippen molar-refractivity contribution in [2.75, 3.05) is 37.6 Å². The van der Waals surface area contributed by atoms with E-state index >= 15 is 0 Å². The molecule has 5 nitrogen and oxygen atoms in total. The number of nitrogens with one attached hydrogen (secondary N) is 1. The molecule has 7 heteroatoms. The maximum atomic E-state index is 12.0. The van der Waals surface area contributed by atoms with Crippen LogP contribution in [0.5, 0.6) is 0 Å². The zero-order valence-corrected chi connectivity index (χ0v) is 14.7. The molecule has 1 saturated heterocycles. The number of nitrogens with zero attached hydrogens (tertiary/aromatic N) is 2. The summed E-state index contributed by atoms with van der Waals surface area (Å²) in [5.41, 5.74) is 1.06. The maximum absolute atomic E-state index is 12.0. The molecule has 0 spiro atoms. The summed E-state index contributed by atoms with van der Waals surface area (Å²) in [4.78, 5) is 16.4. The van der Waals surface area contributed by atoms with Gasteiger partial charge in [0.1, 0.15) is 5.76 Å². The Bertz CT molecular complexity index is 683. The quantitative estimate of drug-likeness (QED) is 0.882. The van der Waals surface area contributed by atoms with Gasteiger partial charge in [0.05, 0.1) is 29.4 Å². The second-order valence-electron chi connectivity index (χ2n) is 5.72. The summed E-state index contributed by atoms with van der Waals surface area (Å²) in [5, 5.41) is 3.99. The summed E-state index contributed by atoms with van der Waals surface area (Å²) in [7, 11) is 0. The first-order valence-corrected chi connectivity index (χ1v) is 8.59. The number of benzene rings is 1. The maximum Gasteiger partial charge on any atom is 0.234 e. The molecule has 2 aromatic rings. The van der Waals surface area contributed by atoms with Crippen molar-refractivity contribution in [2.24, 2.45) is 0 Å². The highest BCUT2D eigenvalue weighted by Gasteiger charge is 2.19. The minimum absolute atomic E-state index is 0.00869. The lowest BCUT2D eigenvalue weighted by atomic mass is 10.2. The molecule has 0 saturated carbocycles. The van der Waals surface area contributed by atoms with E-state index < -0.39 is 0 Å². The molecule has 0 aliphatic carbocycles. The number of carbonyl (C=O) groups excluding carboxylic acids is 1. The van der Waals surface area contributed by atoms with Crippen LogP contribution in [0.3, 0.4) is 0 Å². The van der Waals surface area contributed by atoms with E-state index in [-0.39, 0.29) is 5.91 Å². The number of hydrogen-bond acceptors (Lipinski definition) is 4. The van der Waals surface area contributed by atoms with Crippen molar-refractivity contribution in [3.8, 4) is 0 Å². The molecule has 1 aliphatic heterocycles. The summed E-state index contributed by atoms with van der Waals surface area (Å²) >= 11 is 12.0. The van der Waals surface area contributed by atoms with Crippen LogP contribution in [0.2, 0.25) is 10.0 Å². The van der Waals surface area contributed by atoms with Crippen molar-refractivity contribution in [2.45, 2.75) is 6.54 Å². The highest BCUT2D eigenvalue weighted by atomic mass is 35.5. The Morgan fingerprint density at radius 3 is 2.58 bits per heavy atom. The highest BCUT2D eigenvalue weighted by molar-refractivity contribution is 6.42. The van der Waals surface area contributed by atoms with Crippen LogP contribution in [0, 0.1) is 0 Å². The summed E-state index contributed by atoms with van der Waals surface area (Å²) in [6, 6.07) is 9.32. The first kappa shape index (κ1) is 17.1. The van der Waals surface area contributed by atoms with Crippen molar-refractivity contribution >= 4 is 34.8 Å². The molecule has 128 valence electrons. The average Bonchev–Trinajstić information content (AvgIpc) is 3.10. The SMILES string of the molecule is O=C(CN1CCN(c2ccc(Cl)c(Cl)c2)CC1)NCc1ccco1. The van der Waals surface area contributed by atoms with E-state index in [2.05, 4.69) is 15.1 Å². The topological polar surface area (TPSA) is 48.7 Å². The first-order valence-electron chi connectivity index (χ1n) is 7.83. The molecule has 0 unspecified atom stereocenters. The van der Waals surface area contributed by atoms with E-state index in [0.29, 0.717) is 23.1 Å². The van der Waals surface area contributed by atoms with Crippen LogP contribution >= 0.6 is 23.2 Å². The van der Waals surface area contributed by atoms with Crippen molar-refractivity contribution in [1.82, 2.24) is 10.2 Å². The largest absolute Gasteiger partial charge is 0.467 e. The lowest BCUT2D eigenvalue weighted by Gasteiger charge is -2.35. The number of halogens is 2.